The highest BCUT2D eigenvalue weighted by Gasteiger charge is 2.16. The van der Waals surface area contributed by atoms with Crippen LogP contribution in [0.5, 0.6) is 11.5 Å². The lowest BCUT2D eigenvalue weighted by Crippen LogP contribution is -2.12. The fraction of sp³-hybridized carbons (Fsp3) is 0.333. The summed E-state index contributed by atoms with van der Waals surface area (Å²) in [7, 11) is 0. The molecule has 0 bridgehead atoms. The molecule has 3 rings (SSSR count). The molecule has 0 aliphatic carbocycles. The van der Waals surface area contributed by atoms with Gasteiger partial charge < -0.3 is 20.1 Å². The molecule has 0 atom stereocenters. The average molecular weight is 327 g/mol. The van der Waals surface area contributed by atoms with Gasteiger partial charge in [-0.1, -0.05) is 13.8 Å². The summed E-state index contributed by atoms with van der Waals surface area (Å²) in [5.74, 6) is 2.49. The number of nitrogens with one attached hydrogen (secondary N) is 2. The van der Waals surface area contributed by atoms with Crippen LogP contribution in [0, 0.1) is 5.92 Å². The van der Waals surface area contributed by atoms with Gasteiger partial charge in [0.2, 0.25) is 6.79 Å². The van der Waals surface area contributed by atoms with E-state index < -0.39 is 0 Å². The van der Waals surface area contributed by atoms with Crippen molar-refractivity contribution in [1.82, 2.24) is 4.98 Å². The third kappa shape index (κ3) is 3.95. The number of fused-ring (bicyclic) bond motifs is 1. The Hall–Kier alpha value is -2.76. The largest absolute Gasteiger partial charge is 0.454 e. The Morgan fingerprint density at radius 1 is 1.21 bits per heavy atom. The molecule has 0 spiro atoms. The number of hydrogen-bond acceptors (Lipinski definition) is 5. The van der Waals surface area contributed by atoms with Crippen LogP contribution in [-0.4, -0.2) is 24.2 Å². The van der Waals surface area contributed by atoms with Gasteiger partial charge in [-0.2, -0.15) is 0 Å². The lowest BCUT2D eigenvalue weighted by atomic mass is 10.1. The first-order valence-electron chi connectivity index (χ1n) is 8.03. The van der Waals surface area contributed by atoms with Gasteiger partial charge in [0.1, 0.15) is 5.82 Å². The highest BCUT2D eigenvalue weighted by molar-refractivity contribution is 6.04. The second-order valence-corrected chi connectivity index (χ2v) is 6.06. The van der Waals surface area contributed by atoms with Crippen LogP contribution < -0.4 is 20.1 Å². The van der Waals surface area contributed by atoms with Crippen molar-refractivity contribution in [3.63, 3.8) is 0 Å². The lowest BCUT2D eigenvalue weighted by Gasteiger charge is -2.09. The molecule has 0 fully saturated rings. The molecular formula is C18H21N3O3. The molecule has 1 aliphatic heterocycles. The van der Waals surface area contributed by atoms with Crippen LogP contribution in [0.3, 0.4) is 0 Å². The van der Waals surface area contributed by atoms with Crippen LogP contribution in [0.25, 0.3) is 0 Å². The van der Waals surface area contributed by atoms with Gasteiger partial charge >= 0.3 is 0 Å². The zero-order chi connectivity index (χ0) is 16.9. The minimum absolute atomic E-state index is 0.190. The van der Waals surface area contributed by atoms with Gasteiger partial charge in [0.05, 0.1) is 11.9 Å². The molecule has 0 unspecified atom stereocenters. The van der Waals surface area contributed by atoms with Gasteiger partial charge in [-0.15, -0.1) is 0 Å². The van der Waals surface area contributed by atoms with E-state index in [2.05, 4.69) is 29.5 Å². The second kappa shape index (κ2) is 7.21. The van der Waals surface area contributed by atoms with Gasteiger partial charge in [-0.3, -0.25) is 4.79 Å². The Morgan fingerprint density at radius 2 is 2.04 bits per heavy atom. The minimum atomic E-state index is -0.212. The molecule has 24 heavy (non-hydrogen) atoms. The number of amides is 1. The van der Waals surface area contributed by atoms with Gasteiger partial charge in [-0.25, -0.2) is 4.98 Å². The maximum Gasteiger partial charge on any atom is 0.255 e. The van der Waals surface area contributed by atoms with Crippen molar-refractivity contribution in [2.45, 2.75) is 20.3 Å². The van der Waals surface area contributed by atoms with Crippen LogP contribution in [0.2, 0.25) is 0 Å². The molecule has 2 heterocycles. The van der Waals surface area contributed by atoms with Gasteiger partial charge in [0.25, 0.3) is 5.91 Å². The molecule has 0 saturated heterocycles. The number of benzene rings is 1. The summed E-state index contributed by atoms with van der Waals surface area (Å²) in [5, 5.41) is 6.09. The second-order valence-electron chi connectivity index (χ2n) is 6.06. The van der Waals surface area contributed by atoms with Crippen LogP contribution >= 0.6 is 0 Å². The van der Waals surface area contributed by atoms with Gasteiger partial charge in [0, 0.05) is 12.1 Å². The third-order valence-corrected chi connectivity index (χ3v) is 3.68. The van der Waals surface area contributed by atoms with E-state index in [9.17, 15) is 4.79 Å². The Balaban J connectivity index is 1.58. The SMILES string of the molecule is CC(C)CCNc1ccc(NC(=O)c2ccc3c(c2)OCO3)cn1. The van der Waals surface area contributed by atoms with E-state index in [1.807, 2.05) is 12.1 Å². The quantitative estimate of drug-likeness (QED) is 0.849. The topological polar surface area (TPSA) is 72.5 Å². The summed E-state index contributed by atoms with van der Waals surface area (Å²) in [6, 6.07) is 8.80. The van der Waals surface area contributed by atoms with Crippen molar-refractivity contribution in [2.75, 3.05) is 24.0 Å². The van der Waals surface area contributed by atoms with Crippen molar-refractivity contribution in [3.8, 4) is 11.5 Å². The first-order chi connectivity index (χ1) is 11.6. The Kier molecular flexibility index (Phi) is 4.84. The Morgan fingerprint density at radius 3 is 2.79 bits per heavy atom. The van der Waals surface area contributed by atoms with Crippen molar-refractivity contribution in [3.05, 3.63) is 42.1 Å². The van der Waals surface area contributed by atoms with Crippen molar-refractivity contribution < 1.29 is 14.3 Å². The fourth-order valence-corrected chi connectivity index (χ4v) is 2.30. The lowest BCUT2D eigenvalue weighted by molar-refractivity contribution is 0.102. The summed E-state index contributed by atoms with van der Waals surface area (Å²) < 4.78 is 10.5. The fourth-order valence-electron chi connectivity index (χ4n) is 2.30. The number of pyridine rings is 1. The van der Waals surface area contributed by atoms with Crippen molar-refractivity contribution >= 4 is 17.4 Å². The molecule has 1 aromatic heterocycles. The van der Waals surface area contributed by atoms with E-state index in [0.717, 1.165) is 18.8 Å². The Labute approximate surface area is 141 Å². The van der Waals surface area contributed by atoms with E-state index in [1.54, 1.807) is 24.4 Å². The normalized spacial score (nSPS) is 12.3. The van der Waals surface area contributed by atoms with Gasteiger partial charge in [-0.05, 0) is 42.7 Å². The molecule has 6 heteroatoms. The number of aromatic nitrogens is 1. The Bertz CT molecular complexity index is 714. The highest BCUT2D eigenvalue weighted by Crippen LogP contribution is 2.32. The molecule has 6 nitrogen and oxygen atoms in total. The van der Waals surface area contributed by atoms with E-state index in [4.69, 9.17) is 9.47 Å². The monoisotopic (exact) mass is 327 g/mol. The zero-order valence-electron chi connectivity index (χ0n) is 13.8. The third-order valence-electron chi connectivity index (χ3n) is 3.68. The van der Waals surface area contributed by atoms with Gasteiger partial charge in [0.15, 0.2) is 11.5 Å². The average Bonchev–Trinajstić information content (AvgIpc) is 3.03. The summed E-state index contributed by atoms with van der Waals surface area (Å²) in [4.78, 5) is 16.6. The van der Waals surface area contributed by atoms with Crippen molar-refractivity contribution in [2.24, 2.45) is 5.92 Å². The van der Waals surface area contributed by atoms with E-state index in [1.165, 1.54) is 0 Å². The van der Waals surface area contributed by atoms with Crippen LogP contribution in [0.4, 0.5) is 11.5 Å². The number of nitrogens with zero attached hydrogens (tertiary/aromatic N) is 1. The summed E-state index contributed by atoms with van der Waals surface area (Å²) in [6.45, 7) is 5.44. The number of rotatable bonds is 6. The number of hydrogen-bond donors (Lipinski definition) is 2. The molecule has 2 N–H and O–H groups in total. The standard InChI is InChI=1S/C18H21N3O3/c1-12(2)7-8-19-17-6-4-14(10-20-17)21-18(22)13-3-5-15-16(9-13)24-11-23-15/h3-6,9-10,12H,7-8,11H2,1-2H3,(H,19,20)(H,21,22). The predicted octanol–water partition coefficient (Wildman–Crippen LogP) is 3.52. The summed E-state index contributed by atoms with van der Waals surface area (Å²) in [6.07, 6.45) is 2.73. The zero-order valence-corrected chi connectivity index (χ0v) is 13.8. The summed E-state index contributed by atoms with van der Waals surface area (Å²) >= 11 is 0. The first kappa shape index (κ1) is 16.1. The molecule has 1 aromatic carbocycles. The maximum atomic E-state index is 12.3. The number of carbonyl (C=O) groups excluding carboxylic acids is 1. The van der Waals surface area contributed by atoms with Crippen LogP contribution in [0.1, 0.15) is 30.6 Å². The predicted molar refractivity (Wildman–Crippen MR) is 92.7 cm³/mol. The summed E-state index contributed by atoms with van der Waals surface area (Å²) in [5.41, 5.74) is 1.16. The molecular weight excluding hydrogens is 306 g/mol. The van der Waals surface area contributed by atoms with E-state index in [0.29, 0.717) is 28.7 Å². The minimum Gasteiger partial charge on any atom is -0.454 e. The van der Waals surface area contributed by atoms with Crippen molar-refractivity contribution in [1.29, 1.82) is 0 Å². The molecule has 1 aliphatic rings. The molecule has 0 saturated carbocycles. The number of carbonyl (C=O) groups is 1. The molecule has 1 amide bonds. The molecule has 2 aromatic rings. The highest BCUT2D eigenvalue weighted by atomic mass is 16.7. The van der Waals surface area contributed by atoms with E-state index >= 15 is 0 Å². The molecule has 0 radical (unpaired) electrons. The van der Waals surface area contributed by atoms with Crippen LogP contribution in [0.15, 0.2) is 36.5 Å². The van der Waals surface area contributed by atoms with Crippen LogP contribution in [-0.2, 0) is 0 Å². The first-order valence-corrected chi connectivity index (χ1v) is 8.03. The maximum absolute atomic E-state index is 12.3. The number of anilines is 2. The smallest absolute Gasteiger partial charge is 0.255 e. The molecule has 126 valence electrons. The number of ether oxygens (including phenoxy) is 2. The van der Waals surface area contributed by atoms with E-state index in [-0.39, 0.29) is 12.7 Å².